The second kappa shape index (κ2) is 4.23. The van der Waals surface area contributed by atoms with Gasteiger partial charge in [0.15, 0.2) is 0 Å². The van der Waals surface area contributed by atoms with Crippen LogP contribution in [0.4, 0.5) is 0 Å². The smallest absolute Gasteiger partial charge is 0.102 e. The first kappa shape index (κ1) is 11.1. The van der Waals surface area contributed by atoms with Gasteiger partial charge in [0.05, 0.1) is 22.5 Å². The number of hydrogen-bond acceptors (Lipinski definition) is 3. The summed E-state index contributed by atoms with van der Waals surface area (Å²) in [4.78, 5) is 0. The molecule has 0 radical (unpaired) electrons. The Balaban J connectivity index is 2.23. The minimum Gasteiger partial charge on any atom is -0.386 e. The lowest BCUT2D eigenvalue weighted by Gasteiger charge is -2.21. The summed E-state index contributed by atoms with van der Waals surface area (Å²) in [5.74, 6) is 0.164. The Morgan fingerprint density at radius 2 is 2.47 bits per heavy atom. The third-order valence-electron chi connectivity index (χ3n) is 3.06. The van der Waals surface area contributed by atoms with Crippen LogP contribution in [0.1, 0.15) is 25.1 Å². The summed E-state index contributed by atoms with van der Waals surface area (Å²) in [6.07, 6.45) is 2.21. The lowest BCUT2D eigenvalue weighted by Crippen LogP contribution is -2.22. The molecule has 0 saturated carbocycles. The van der Waals surface area contributed by atoms with E-state index < -0.39 is 6.10 Å². The van der Waals surface area contributed by atoms with Crippen molar-refractivity contribution < 1.29 is 9.84 Å². The summed E-state index contributed by atoms with van der Waals surface area (Å²) in [5, 5.41) is 14.4. The molecule has 1 saturated heterocycles. The second-order valence-electron chi connectivity index (χ2n) is 3.97. The van der Waals surface area contributed by atoms with E-state index in [0.717, 1.165) is 23.2 Å². The van der Waals surface area contributed by atoms with Crippen LogP contribution in [-0.4, -0.2) is 27.6 Å². The van der Waals surface area contributed by atoms with Crippen molar-refractivity contribution in [3.8, 4) is 0 Å². The van der Waals surface area contributed by atoms with E-state index in [2.05, 4.69) is 21.0 Å². The maximum atomic E-state index is 10.3. The molecule has 84 valence electrons. The minimum atomic E-state index is -0.510. The first-order valence-electron chi connectivity index (χ1n) is 5.08. The van der Waals surface area contributed by atoms with Crippen molar-refractivity contribution in [2.24, 2.45) is 13.0 Å². The number of halogens is 1. The zero-order valence-electron chi connectivity index (χ0n) is 8.85. The predicted octanol–water partition coefficient (Wildman–Crippen LogP) is 1.64. The van der Waals surface area contributed by atoms with Gasteiger partial charge in [0.1, 0.15) is 6.10 Å². The highest BCUT2D eigenvalue weighted by Crippen LogP contribution is 2.35. The standard InChI is InChI=1S/C10H15BrN2O2/c1-6-7(3-4-15-6)10(14)9-8(11)5-12-13(9)2/h5-7,10,14H,3-4H2,1-2H3. The van der Waals surface area contributed by atoms with E-state index in [9.17, 15) is 5.11 Å². The molecule has 2 rings (SSSR count). The molecule has 3 unspecified atom stereocenters. The highest BCUT2D eigenvalue weighted by molar-refractivity contribution is 9.10. The normalized spacial score (nSPS) is 28.3. The Kier molecular flexibility index (Phi) is 3.13. The van der Waals surface area contributed by atoms with Crippen molar-refractivity contribution in [3.05, 3.63) is 16.4 Å². The average Bonchev–Trinajstić information content (AvgIpc) is 2.73. The molecular formula is C10H15BrN2O2. The number of aryl methyl sites for hydroxylation is 1. The van der Waals surface area contributed by atoms with Gasteiger partial charge in [-0.05, 0) is 29.3 Å². The minimum absolute atomic E-state index is 0.113. The first-order chi connectivity index (χ1) is 7.11. The number of ether oxygens (including phenoxy) is 1. The van der Waals surface area contributed by atoms with Gasteiger partial charge in [-0.3, -0.25) is 4.68 Å². The molecule has 1 fully saturated rings. The van der Waals surface area contributed by atoms with Crippen molar-refractivity contribution in [2.75, 3.05) is 6.61 Å². The van der Waals surface area contributed by atoms with Crippen molar-refractivity contribution in [1.82, 2.24) is 9.78 Å². The van der Waals surface area contributed by atoms with Crippen molar-refractivity contribution in [1.29, 1.82) is 0 Å². The van der Waals surface area contributed by atoms with E-state index in [1.165, 1.54) is 0 Å². The number of nitrogens with zero attached hydrogens (tertiary/aromatic N) is 2. The van der Waals surface area contributed by atoms with E-state index in [0.29, 0.717) is 0 Å². The molecule has 1 N–H and O–H groups in total. The van der Waals surface area contributed by atoms with Crippen LogP contribution in [0.3, 0.4) is 0 Å². The van der Waals surface area contributed by atoms with Gasteiger partial charge in [-0.15, -0.1) is 0 Å². The number of aromatic nitrogens is 2. The molecule has 5 heteroatoms. The van der Waals surface area contributed by atoms with Crippen molar-refractivity contribution in [2.45, 2.75) is 25.6 Å². The van der Waals surface area contributed by atoms with Crippen LogP contribution >= 0.6 is 15.9 Å². The highest BCUT2D eigenvalue weighted by atomic mass is 79.9. The van der Waals surface area contributed by atoms with Crippen LogP contribution in [-0.2, 0) is 11.8 Å². The molecule has 1 aliphatic rings. The van der Waals surface area contributed by atoms with Crippen LogP contribution in [0.2, 0.25) is 0 Å². The Labute approximate surface area is 97.4 Å². The number of hydrogen-bond donors (Lipinski definition) is 1. The molecule has 1 aromatic heterocycles. The Hall–Kier alpha value is -0.390. The molecule has 2 heterocycles. The van der Waals surface area contributed by atoms with Crippen LogP contribution in [0.25, 0.3) is 0 Å². The summed E-state index contributed by atoms with van der Waals surface area (Å²) >= 11 is 3.40. The molecule has 0 aliphatic carbocycles. The summed E-state index contributed by atoms with van der Waals surface area (Å²) in [6, 6.07) is 0. The fourth-order valence-electron chi connectivity index (χ4n) is 2.12. The lowest BCUT2D eigenvalue weighted by atomic mass is 9.94. The highest BCUT2D eigenvalue weighted by Gasteiger charge is 2.34. The first-order valence-corrected chi connectivity index (χ1v) is 5.87. The molecule has 0 amide bonds. The Morgan fingerprint density at radius 1 is 1.73 bits per heavy atom. The average molecular weight is 275 g/mol. The molecule has 3 atom stereocenters. The molecule has 15 heavy (non-hydrogen) atoms. The quantitative estimate of drug-likeness (QED) is 0.892. The zero-order valence-corrected chi connectivity index (χ0v) is 10.4. The van der Waals surface area contributed by atoms with Gasteiger partial charge in [0.2, 0.25) is 0 Å². The van der Waals surface area contributed by atoms with Crippen LogP contribution < -0.4 is 0 Å². The number of aliphatic hydroxyl groups is 1. The van der Waals surface area contributed by atoms with Gasteiger partial charge in [0.25, 0.3) is 0 Å². The maximum Gasteiger partial charge on any atom is 0.102 e. The predicted molar refractivity (Wildman–Crippen MR) is 59.4 cm³/mol. The summed E-state index contributed by atoms with van der Waals surface area (Å²) in [5.41, 5.74) is 0.831. The Bertz CT molecular complexity index is 334. The largest absolute Gasteiger partial charge is 0.386 e. The molecule has 0 spiro atoms. The Morgan fingerprint density at radius 3 is 2.93 bits per heavy atom. The fourth-order valence-corrected chi connectivity index (χ4v) is 2.70. The fraction of sp³-hybridized carbons (Fsp3) is 0.700. The number of rotatable bonds is 2. The van der Waals surface area contributed by atoms with Gasteiger partial charge < -0.3 is 9.84 Å². The van der Waals surface area contributed by atoms with Gasteiger partial charge >= 0.3 is 0 Å². The molecule has 4 nitrogen and oxygen atoms in total. The molecule has 0 bridgehead atoms. The van der Waals surface area contributed by atoms with Gasteiger partial charge in [0, 0.05) is 19.6 Å². The zero-order chi connectivity index (χ0) is 11.0. The molecule has 1 aliphatic heterocycles. The topological polar surface area (TPSA) is 47.3 Å². The lowest BCUT2D eigenvalue weighted by molar-refractivity contribution is 0.0389. The van der Waals surface area contributed by atoms with Crippen LogP contribution in [0, 0.1) is 5.92 Å². The van der Waals surface area contributed by atoms with Gasteiger partial charge in [-0.1, -0.05) is 0 Å². The SMILES string of the molecule is CC1OCCC1C(O)c1c(Br)cnn1C. The van der Waals surface area contributed by atoms with E-state index in [1.54, 1.807) is 10.9 Å². The summed E-state index contributed by atoms with van der Waals surface area (Å²) < 4.78 is 8.03. The summed E-state index contributed by atoms with van der Waals surface area (Å²) in [6.45, 7) is 2.74. The van der Waals surface area contributed by atoms with E-state index >= 15 is 0 Å². The third-order valence-corrected chi connectivity index (χ3v) is 3.67. The monoisotopic (exact) mass is 274 g/mol. The molecular weight excluding hydrogens is 260 g/mol. The van der Waals surface area contributed by atoms with Crippen molar-refractivity contribution >= 4 is 15.9 Å². The van der Waals surface area contributed by atoms with E-state index in [4.69, 9.17) is 4.74 Å². The van der Waals surface area contributed by atoms with Gasteiger partial charge in [-0.2, -0.15) is 5.10 Å². The van der Waals surface area contributed by atoms with Gasteiger partial charge in [-0.25, -0.2) is 0 Å². The third kappa shape index (κ3) is 1.96. The van der Waals surface area contributed by atoms with Crippen molar-refractivity contribution in [3.63, 3.8) is 0 Å². The second-order valence-corrected chi connectivity index (χ2v) is 4.83. The van der Waals surface area contributed by atoms with E-state index in [-0.39, 0.29) is 12.0 Å². The molecule has 0 aromatic carbocycles. The van der Waals surface area contributed by atoms with Crippen LogP contribution in [0.5, 0.6) is 0 Å². The number of aliphatic hydroxyl groups excluding tert-OH is 1. The van der Waals surface area contributed by atoms with Crippen LogP contribution in [0.15, 0.2) is 10.7 Å². The molecule has 1 aromatic rings. The summed E-state index contributed by atoms with van der Waals surface area (Å²) in [7, 11) is 1.84. The maximum absolute atomic E-state index is 10.3. The van der Waals surface area contributed by atoms with E-state index in [1.807, 2.05) is 14.0 Å².